The van der Waals surface area contributed by atoms with E-state index in [-0.39, 0.29) is 17.3 Å². The number of thioether (sulfide) groups is 1. The van der Waals surface area contributed by atoms with Gasteiger partial charge in [-0.2, -0.15) is 0 Å². The Morgan fingerprint density at radius 3 is 2.47 bits per heavy atom. The highest BCUT2D eigenvalue weighted by atomic mass is 32.2. The highest BCUT2D eigenvalue weighted by Crippen LogP contribution is 2.23. The van der Waals surface area contributed by atoms with Crippen LogP contribution in [0.4, 0.5) is 15.8 Å². The van der Waals surface area contributed by atoms with Crippen LogP contribution in [0, 0.1) is 5.82 Å². The van der Waals surface area contributed by atoms with Crippen LogP contribution in [-0.4, -0.2) is 12.2 Å². The summed E-state index contributed by atoms with van der Waals surface area (Å²) in [7, 11) is 0. The van der Waals surface area contributed by atoms with Crippen molar-refractivity contribution in [3.63, 3.8) is 0 Å². The summed E-state index contributed by atoms with van der Waals surface area (Å²) in [6.45, 7) is 0. The van der Waals surface area contributed by atoms with Crippen LogP contribution in [0.25, 0.3) is 0 Å². The molecule has 1 amide bonds. The maximum atomic E-state index is 13.5. The van der Waals surface area contributed by atoms with E-state index in [0.29, 0.717) is 5.56 Å². The predicted octanol–water partition coefficient (Wildman–Crippen LogP) is 3.38. The van der Waals surface area contributed by atoms with E-state index in [1.807, 2.05) is 18.4 Å². The van der Waals surface area contributed by atoms with Gasteiger partial charge in [-0.25, -0.2) is 4.39 Å². The highest BCUT2D eigenvalue weighted by Gasteiger charge is 2.11. The first kappa shape index (κ1) is 13.4. The van der Waals surface area contributed by atoms with E-state index < -0.39 is 5.82 Å². The molecule has 98 valence electrons. The van der Waals surface area contributed by atoms with E-state index in [0.717, 1.165) is 4.90 Å². The molecule has 0 aliphatic heterocycles. The van der Waals surface area contributed by atoms with Crippen LogP contribution in [0.15, 0.2) is 47.4 Å². The molecule has 0 aromatic heterocycles. The van der Waals surface area contributed by atoms with Gasteiger partial charge in [-0.1, -0.05) is 6.07 Å². The lowest BCUT2D eigenvalue weighted by atomic mass is 10.2. The molecule has 0 saturated carbocycles. The Kier molecular flexibility index (Phi) is 4.06. The van der Waals surface area contributed by atoms with Gasteiger partial charge in [0.15, 0.2) is 0 Å². The van der Waals surface area contributed by atoms with Crippen molar-refractivity contribution in [1.82, 2.24) is 0 Å². The Morgan fingerprint density at radius 2 is 1.89 bits per heavy atom. The van der Waals surface area contributed by atoms with Gasteiger partial charge in [0.25, 0.3) is 5.91 Å². The average molecular weight is 276 g/mol. The van der Waals surface area contributed by atoms with E-state index >= 15 is 0 Å². The number of anilines is 2. The average Bonchev–Trinajstić information content (AvgIpc) is 2.43. The van der Waals surface area contributed by atoms with Crippen molar-refractivity contribution in [2.45, 2.75) is 4.90 Å². The number of halogens is 1. The molecule has 19 heavy (non-hydrogen) atoms. The number of amides is 1. The molecule has 0 aliphatic carbocycles. The van der Waals surface area contributed by atoms with Crippen LogP contribution >= 0.6 is 11.8 Å². The van der Waals surface area contributed by atoms with Crippen molar-refractivity contribution in [3.05, 3.63) is 53.8 Å². The van der Waals surface area contributed by atoms with E-state index in [2.05, 4.69) is 5.32 Å². The molecule has 0 aliphatic rings. The first-order valence-corrected chi connectivity index (χ1v) is 6.83. The number of benzene rings is 2. The van der Waals surface area contributed by atoms with Crippen molar-refractivity contribution in [2.24, 2.45) is 0 Å². The summed E-state index contributed by atoms with van der Waals surface area (Å²) in [5.41, 5.74) is 6.31. The molecule has 5 heteroatoms. The normalized spacial score (nSPS) is 10.2. The Hall–Kier alpha value is -2.01. The summed E-state index contributed by atoms with van der Waals surface area (Å²) in [5.74, 6) is -0.932. The van der Waals surface area contributed by atoms with Crippen LogP contribution in [-0.2, 0) is 0 Å². The molecule has 2 rings (SSSR count). The minimum atomic E-state index is -0.547. The summed E-state index contributed by atoms with van der Waals surface area (Å²) >= 11 is 1.59. The Balaban J connectivity index is 2.20. The molecule has 0 unspecified atom stereocenters. The van der Waals surface area contributed by atoms with Crippen LogP contribution in [0.1, 0.15) is 10.4 Å². The molecule has 0 bridgehead atoms. The Morgan fingerprint density at radius 1 is 1.21 bits per heavy atom. The SMILES string of the molecule is CSc1ccc(C(=O)Nc2c(N)cccc2F)cc1. The number of carbonyl (C=O) groups is 1. The minimum absolute atomic E-state index is 0.0152. The number of hydrogen-bond donors (Lipinski definition) is 2. The first-order chi connectivity index (χ1) is 9.11. The molecule has 0 heterocycles. The lowest BCUT2D eigenvalue weighted by Crippen LogP contribution is -2.14. The maximum Gasteiger partial charge on any atom is 0.255 e. The van der Waals surface area contributed by atoms with Gasteiger partial charge in [0.1, 0.15) is 11.5 Å². The number of nitrogen functional groups attached to an aromatic ring is 1. The third-order valence-corrected chi connectivity index (χ3v) is 3.38. The highest BCUT2D eigenvalue weighted by molar-refractivity contribution is 7.98. The molecule has 0 saturated heterocycles. The summed E-state index contributed by atoms with van der Waals surface area (Å²) in [5, 5.41) is 2.49. The second kappa shape index (κ2) is 5.75. The first-order valence-electron chi connectivity index (χ1n) is 5.61. The fraction of sp³-hybridized carbons (Fsp3) is 0.0714. The molecule has 3 nitrogen and oxygen atoms in total. The van der Waals surface area contributed by atoms with Gasteiger partial charge in [0.2, 0.25) is 0 Å². The van der Waals surface area contributed by atoms with Gasteiger partial charge in [-0.15, -0.1) is 11.8 Å². The lowest BCUT2D eigenvalue weighted by molar-refractivity contribution is 0.102. The fourth-order valence-corrected chi connectivity index (χ4v) is 2.01. The number of rotatable bonds is 3. The zero-order valence-electron chi connectivity index (χ0n) is 10.3. The summed E-state index contributed by atoms with van der Waals surface area (Å²) < 4.78 is 13.5. The van der Waals surface area contributed by atoms with E-state index in [4.69, 9.17) is 5.73 Å². The zero-order valence-corrected chi connectivity index (χ0v) is 11.1. The Labute approximate surface area is 115 Å². The van der Waals surface area contributed by atoms with Crippen LogP contribution in [0.5, 0.6) is 0 Å². The van der Waals surface area contributed by atoms with Gasteiger partial charge in [-0.3, -0.25) is 4.79 Å². The Bertz CT molecular complexity index is 579. The molecular weight excluding hydrogens is 263 g/mol. The smallest absolute Gasteiger partial charge is 0.255 e. The zero-order chi connectivity index (χ0) is 13.8. The quantitative estimate of drug-likeness (QED) is 0.667. The van der Waals surface area contributed by atoms with E-state index in [9.17, 15) is 9.18 Å². The molecular formula is C14H13FN2OS. The second-order valence-electron chi connectivity index (χ2n) is 3.89. The number of hydrogen-bond acceptors (Lipinski definition) is 3. The largest absolute Gasteiger partial charge is 0.397 e. The summed E-state index contributed by atoms with van der Waals surface area (Å²) in [6, 6.07) is 11.3. The fourth-order valence-electron chi connectivity index (χ4n) is 1.60. The van der Waals surface area contributed by atoms with Gasteiger partial charge < -0.3 is 11.1 Å². The van der Waals surface area contributed by atoms with Gasteiger partial charge in [0.05, 0.1) is 5.69 Å². The number of para-hydroxylation sites is 1. The van der Waals surface area contributed by atoms with Crippen molar-refractivity contribution in [2.75, 3.05) is 17.3 Å². The van der Waals surface area contributed by atoms with Crippen molar-refractivity contribution in [1.29, 1.82) is 0 Å². The van der Waals surface area contributed by atoms with Crippen molar-refractivity contribution >= 4 is 29.0 Å². The van der Waals surface area contributed by atoms with Crippen molar-refractivity contribution < 1.29 is 9.18 Å². The molecule has 0 spiro atoms. The minimum Gasteiger partial charge on any atom is -0.397 e. The van der Waals surface area contributed by atoms with Crippen LogP contribution in [0.2, 0.25) is 0 Å². The molecule has 0 radical (unpaired) electrons. The maximum absolute atomic E-state index is 13.5. The van der Waals surface area contributed by atoms with Crippen LogP contribution < -0.4 is 11.1 Å². The summed E-state index contributed by atoms with van der Waals surface area (Å²) in [4.78, 5) is 13.0. The number of nitrogens with one attached hydrogen (secondary N) is 1. The monoisotopic (exact) mass is 276 g/mol. The molecule has 3 N–H and O–H groups in total. The van der Waals surface area contributed by atoms with Crippen LogP contribution in [0.3, 0.4) is 0 Å². The third-order valence-electron chi connectivity index (χ3n) is 2.64. The lowest BCUT2D eigenvalue weighted by Gasteiger charge is -2.09. The van der Waals surface area contributed by atoms with Crippen molar-refractivity contribution in [3.8, 4) is 0 Å². The topological polar surface area (TPSA) is 55.1 Å². The summed E-state index contributed by atoms with van der Waals surface area (Å²) in [6.07, 6.45) is 1.95. The standard InChI is InChI=1S/C14H13FN2OS/c1-19-10-7-5-9(6-8-10)14(18)17-13-11(15)3-2-4-12(13)16/h2-8H,16H2,1H3,(H,17,18). The molecule has 2 aromatic rings. The molecule has 0 fully saturated rings. The number of nitrogens with two attached hydrogens (primary N) is 1. The van der Waals surface area contributed by atoms with E-state index in [1.54, 1.807) is 23.9 Å². The third kappa shape index (κ3) is 3.06. The van der Waals surface area contributed by atoms with Gasteiger partial charge in [0, 0.05) is 10.5 Å². The predicted molar refractivity (Wildman–Crippen MR) is 77.0 cm³/mol. The van der Waals surface area contributed by atoms with E-state index in [1.165, 1.54) is 18.2 Å². The second-order valence-corrected chi connectivity index (χ2v) is 4.77. The van der Waals surface area contributed by atoms with Gasteiger partial charge >= 0.3 is 0 Å². The molecule has 2 aromatic carbocycles. The molecule has 0 atom stereocenters. The van der Waals surface area contributed by atoms with Gasteiger partial charge in [-0.05, 0) is 42.7 Å². The number of carbonyl (C=O) groups excluding carboxylic acids is 1.